The van der Waals surface area contributed by atoms with Gasteiger partial charge in [-0.25, -0.2) is 0 Å². The molecule has 154 valence electrons. The lowest BCUT2D eigenvalue weighted by atomic mass is 9.53. The summed E-state index contributed by atoms with van der Waals surface area (Å²) < 4.78 is 0. The van der Waals surface area contributed by atoms with E-state index in [0.29, 0.717) is 17.5 Å². The number of imide groups is 1. The molecule has 4 bridgehead atoms. The van der Waals surface area contributed by atoms with Crippen molar-refractivity contribution < 1.29 is 14.4 Å². The van der Waals surface area contributed by atoms with E-state index in [0.717, 1.165) is 37.0 Å². The van der Waals surface area contributed by atoms with Crippen molar-refractivity contribution in [3.8, 4) is 0 Å². The Labute approximate surface area is 172 Å². The third kappa shape index (κ3) is 3.10. The monoisotopic (exact) mass is 394 g/mol. The number of nitrogens with one attached hydrogen (secondary N) is 1. The topological polar surface area (TPSA) is 66.5 Å². The van der Waals surface area contributed by atoms with Crippen LogP contribution in [0.1, 0.15) is 79.5 Å². The summed E-state index contributed by atoms with van der Waals surface area (Å²) in [6, 6.07) is 6.15. The minimum atomic E-state index is -0.740. The molecule has 6 rings (SSSR count). The maximum atomic E-state index is 13.5. The van der Waals surface area contributed by atoms with E-state index < -0.39 is 6.04 Å². The Morgan fingerprint density at radius 1 is 1.00 bits per heavy atom. The van der Waals surface area contributed by atoms with Gasteiger partial charge < -0.3 is 5.32 Å². The molecule has 5 nitrogen and oxygen atoms in total. The van der Waals surface area contributed by atoms with Gasteiger partial charge in [0.15, 0.2) is 0 Å². The summed E-state index contributed by atoms with van der Waals surface area (Å²) in [4.78, 5) is 40.8. The maximum absolute atomic E-state index is 13.5. The van der Waals surface area contributed by atoms with Gasteiger partial charge in [-0.2, -0.15) is 0 Å². The first-order valence-electron chi connectivity index (χ1n) is 11.1. The first-order valence-corrected chi connectivity index (χ1v) is 11.1. The first-order chi connectivity index (χ1) is 13.8. The van der Waals surface area contributed by atoms with Crippen LogP contribution in [0.5, 0.6) is 0 Å². The Morgan fingerprint density at radius 3 is 1.93 bits per heavy atom. The standard InChI is InChI=1S/C24H30N2O3/c1-14(2)7-20(26-22(28)18-5-3-4-6-19(18)23(26)29)21(27)25-24-11-15-8-16(12-24)10-17(9-15)13-24/h3-6,14-17,20H,7-13H2,1-2H3,(H,25,27)/t15?,16?,17?,20-,24?/m1/s1. The quantitative estimate of drug-likeness (QED) is 0.773. The number of amides is 3. The van der Waals surface area contributed by atoms with Gasteiger partial charge in [0.1, 0.15) is 6.04 Å². The van der Waals surface area contributed by atoms with Gasteiger partial charge >= 0.3 is 0 Å². The van der Waals surface area contributed by atoms with Crippen LogP contribution in [0, 0.1) is 23.7 Å². The van der Waals surface area contributed by atoms with E-state index in [4.69, 9.17) is 0 Å². The molecule has 5 heteroatoms. The lowest BCUT2D eigenvalue weighted by Crippen LogP contribution is -2.63. The molecule has 4 saturated carbocycles. The van der Waals surface area contributed by atoms with Gasteiger partial charge in [-0.15, -0.1) is 0 Å². The number of benzene rings is 1. The molecule has 0 saturated heterocycles. The fraction of sp³-hybridized carbons (Fsp3) is 0.625. The lowest BCUT2D eigenvalue weighted by Gasteiger charge is -2.57. The average molecular weight is 395 g/mol. The van der Waals surface area contributed by atoms with Crippen LogP contribution >= 0.6 is 0 Å². The molecule has 3 amide bonds. The molecule has 1 atom stereocenters. The molecule has 1 heterocycles. The zero-order valence-corrected chi connectivity index (χ0v) is 17.3. The molecule has 0 spiro atoms. The number of hydrogen-bond donors (Lipinski definition) is 1. The zero-order valence-electron chi connectivity index (χ0n) is 17.3. The Morgan fingerprint density at radius 2 is 1.48 bits per heavy atom. The normalized spacial score (nSPS) is 33.3. The van der Waals surface area contributed by atoms with Gasteiger partial charge in [-0.1, -0.05) is 26.0 Å². The first kappa shape index (κ1) is 18.8. The number of fused-ring (bicyclic) bond motifs is 1. The van der Waals surface area contributed by atoms with Gasteiger partial charge in [0.05, 0.1) is 11.1 Å². The van der Waals surface area contributed by atoms with E-state index in [2.05, 4.69) is 5.32 Å². The van der Waals surface area contributed by atoms with Crippen molar-refractivity contribution in [3.63, 3.8) is 0 Å². The molecule has 0 unspecified atom stereocenters. The third-order valence-electron chi connectivity index (χ3n) is 7.56. The second-order valence-corrected chi connectivity index (χ2v) is 10.4. The molecule has 1 aromatic rings. The van der Waals surface area contributed by atoms with Crippen LogP contribution in [0.2, 0.25) is 0 Å². The highest BCUT2D eigenvalue weighted by molar-refractivity contribution is 6.22. The zero-order chi connectivity index (χ0) is 20.3. The molecule has 29 heavy (non-hydrogen) atoms. The Bertz CT molecular complexity index is 804. The van der Waals surface area contributed by atoms with Crippen LogP contribution in [-0.2, 0) is 4.79 Å². The van der Waals surface area contributed by atoms with Gasteiger partial charge in [-0.05, 0) is 80.8 Å². The highest BCUT2D eigenvalue weighted by Gasteiger charge is 2.53. The Kier molecular flexibility index (Phi) is 4.34. The molecule has 0 aromatic heterocycles. The van der Waals surface area contributed by atoms with Crippen LogP contribution < -0.4 is 5.32 Å². The predicted molar refractivity (Wildman–Crippen MR) is 109 cm³/mol. The average Bonchev–Trinajstić information content (AvgIpc) is 2.89. The van der Waals surface area contributed by atoms with Crippen LogP contribution in [0.25, 0.3) is 0 Å². The highest BCUT2D eigenvalue weighted by Crippen LogP contribution is 2.55. The van der Waals surface area contributed by atoms with Gasteiger partial charge in [0, 0.05) is 5.54 Å². The van der Waals surface area contributed by atoms with Gasteiger partial charge in [0.25, 0.3) is 11.8 Å². The lowest BCUT2D eigenvalue weighted by molar-refractivity contribution is -0.131. The second-order valence-electron chi connectivity index (χ2n) is 10.4. The molecule has 1 N–H and O–H groups in total. The van der Waals surface area contributed by atoms with Crippen molar-refractivity contribution in [3.05, 3.63) is 35.4 Å². The van der Waals surface area contributed by atoms with Crippen LogP contribution in [-0.4, -0.2) is 34.2 Å². The van der Waals surface area contributed by atoms with Gasteiger partial charge in [0.2, 0.25) is 5.91 Å². The summed E-state index contributed by atoms with van der Waals surface area (Å²) in [5.41, 5.74) is 0.697. The summed E-state index contributed by atoms with van der Waals surface area (Å²) in [7, 11) is 0. The minimum Gasteiger partial charge on any atom is -0.349 e. The Hall–Kier alpha value is -2.17. The number of hydrogen-bond acceptors (Lipinski definition) is 3. The molecular formula is C24H30N2O3. The largest absolute Gasteiger partial charge is 0.349 e. The molecule has 5 aliphatic rings. The number of rotatable bonds is 5. The van der Waals surface area contributed by atoms with Gasteiger partial charge in [-0.3, -0.25) is 19.3 Å². The Balaban J connectivity index is 1.41. The number of carbonyl (C=O) groups excluding carboxylic acids is 3. The summed E-state index contributed by atoms with van der Waals surface area (Å²) in [5, 5.41) is 3.39. The van der Waals surface area contributed by atoms with Crippen molar-refractivity contribution in [2.75, 3.05) is 0 Å². The fourth-order valence-electron chi connectivity index (χ4n) is 6.88. The van der Waals surface area contributed by atoms with E-state index in [1.807, 2.05) is 13.8 Å². The fourth-order valence-corrected chi connectivity index (χ4v) is 6.88. The van der Waals surface area contributed by atoms with Crippen molar-refractivity contribution in [1.82, 2.24) is 10.2 Å². The van der Waals surface area contributed by atoms with Crippen LogP contribution in [0.15, 0.2) is 24.3 Å². The molecule has 4 fully saturated rings. The minimum absolute atomic E-state index is 0.125. The van der Waals surface area contributed by atoms with Crippen molar-refractivity contribution in [2.45, 2.75) is 70.4 Å². The third-order valence-corrected chi connectivity index (χ3v) is 7.56. The van der Waals surface area contributed by atoms with E-state index in [-0.39, 0.29) is 29.2 Å². The van der Waals surface area contributed by atoms with E-state index in [9.17, 15) is 14.4 Å². The molecule has 0 radical (unpaired) electrons. The molecule has 1 aliphatic heterocycles. The number of carbonyl (C=O) groups is 3. The van der Waals surface area contributed by atoms with Crippen molar-refractivity contribution >= 4 is 17.7 Å². The SMILES string of the molecule is CC(C)C[C@H](C(=O)NC12CC3CC(CC(C3)C1)C2)N1C(=O)c2ccccc2C1=O. The highest BCUT2D eigenvalue weighted by atomic mass is 16.2. The molecular weight excluding hydrogens is 364 g/mol. The summed E-state index contributed by atoms with van der Waals surface area (Å²) in [5.74, 6) is 1.56. The van der Waals surface area contributed by atoms with Crippen molar-refractivity contribution in [1.29, 1.82) is 0 Å². The summed E-state index contributed by atoms with van der Waals surface area (Å²) >= 11 is 0. The molecule has 1 aromatic carbocycles. The summed E-state index contributed by atoms with van der Waals surface area (Å²) in [6.07, 6.45) is 7.59. The van der Waals surface area contributed by atoms with E-state index in [1.54, 1.807) is 24.3 Å². The molecule has 4 aliphatic carbocycles. The van der Waals surface area contributed by atoms with E-state index in [1.165, 1.54) is 24.2 Å². The predicted octanol–water partition coefficient (Wildman–Crippen LogP) is 3.78. The van der Waals surface area contributed by atoms with Crippen molar-refractivity contribution in [2.24, 2.45) is 23.7 Å². The second kappa shape index (κ2) is 6.68. The van der Waals surface area contributed by atoms with Crippen LogP contribution in [0.4, 0.5) is 0 Å². The van der Waals surface area contributed by atoms with E-state index >= 15 is 0 Å². The van der Waals surface area contributed by atoms with Crippen LogP contribution in [0.3, 0.4) is 0 Å². The summed E-state index contributed by atoms with van der Waals surface area (Å²) in [6.45, 7) is 4.06. The number of nitrogens with zero attached hydrogens (tertiary/aromatic N) is 1. The smallest absolute Gasteiger partial charge is 0.262 e. The maximum Gasteiger partial charge on any atom is 0.262 e.